The number of nitrogens with zero attached hydrogens (tertiary/aromatic N) is 1. The largest absolute Gasteiger partial charge is 0.306 e. The van der Waals surface area contributed by atoms with Gasteiger partial charge in [0, 0.05) is 5.56 Å². The maximum Gasteiger partial charge on any atom is 0.259 e. The highest BCUT2D eigenvalue weighted by Gasteiger charge is 2.15. The Labute approximate surface area is 129 Å². The fraction of sp³-hybridized carbons (Fsp3) is 0.125. The maximum atomic E-state index is 13.7. The first kappa shape index (κ1) is 13.9. The molecule has 0 aliphatic rings. The quantitative estimate of drug-likeness (QED) is 0.720. The van der Waals surface area contributed by atoms with Crippen LogP contribution in [0, 0.1) is 19.7 Å². The number of fused-ring (bicyclic) bond motifs is 1. The van der Waals surface area contributed by atoms with Gasteiger partial charge in [0.25, 0.3) is 5.56 Å². The monoisotopic (exact) mass is 346 g/mol. The van der Waals surface area contributed by atoms with E-state index >= 15 is 0 Å². The zero-order valence-corrected chi connectivity index (χ0v) is 13.1. The van der Waals surface area contributed by atoms with Gasteiger partial charge < -0.3 is 4.98 Å². The van der Waals surface area contributed by atoms with E-state index in [2.05, 4.69) is 25.9 Å². The van der Waals surface area contributed by atoms with Crippen LogP contribution in [0.15, 0.2) is 39.6 Å². The summed E-state index contributed by atoms with van der Waals surface area (Å²) in [5.74, 6) is 0.131. The number of aromatic amines is 1. The highest BCUT2D eigenvalue weighted by Crippen LogP contribution is 2.32. The molecule has 106 valence electrons. The molecule has 0 fully saturated rings. The summed E-state index contributed by atoms with van der Waals surface area (Å²) in [6, 6.07) is 8.58. The lowest BCUT2D eigenvalue weighted by Crippen LogP contribution is -2.10. The first-order valence-corrected chi connectivity index (χ1v) is 7.23. The third-order valence-electron chi connectivity index (χ3n) is 3.50. The van der Waals surface area contributed by atoms with Gasteiger partial charge in [0.15, 0.2) is 0 Å². The first-order chi connectivity index (χ1) is 9.99. The Hall–Kier alpha value is -2.01. The van der Waals surface area contributed by atoms with E-state index in [9.17, 15) is 9.18 Å². The van der Waals surface area contributed by atoms with Crippen LogP contribution in [0.3, 0.4) is 0 Å². The zero-order valence-electron chi connectivity index (χ0n) is 11.5. The van der Waals surface area contributed by atoms with E-state index in [1.54, 1.807) is 32.0 Å². The van der Waals surface area contributed by atoms with Gasteiger partial charge in [0.1, 0.15) is 11.6 Å². The van der Waals surface area contributed by atoms with Gasteiger partial charge in [0.2, 0.25) is 0 Å². The van der Waals surface area contributed by atoms with Crippen LogP contribution in [0.1, 0.15) is 11.1 Å². The minimum atomic E-state index is -0.322. The van der Waals surface area contributed by atoms with E-state index in [4.69, 9.17) is 0 Å². The SMILES string of the molecule is Cc1cc(F)c(Br)c(C)c1-c1nc2ccccc2c(=O)[nH]1. The number of hydrogen-bond donors (Lipinski definition) is 1. The number of aryl methyl sites for hydroxylation is 1. The summed E-state index contributed by atoms with van der Waals surface area (Å²) in [5.41, 5.74) is 2.61. The molecule has 0 amide bonds. The van der Waals surface area contributed by atoms with Crippen molar-refractivity contribution >= 4 is 26.8 Å². The van der Waals surface area contributed by atoms with E-state index in [0.29, 0.717) is 26.8 Å². The van der Waals surface area contributed by atoms with Gasteiger partial charge in [-0.2, -0.15) is 0 Å². The number of rotatable bonds is 1. The minimum absolute atomic E-state index is 0.199. The van der Waals surface area contributed by atoms with Crippen molar-refractivity contribution in [2.24, 2.45) is 0 Å². The normalized spacial score (nSPS) is 11.0. The van der Waals surface area contributed by atoms with Crippen LogP contribution in [-0.2, 0) is 0 Å². The molecular formula is C16H12BrFN2O. The number of halogens is 2. The Morgan fingerprint density at radius 2 is 1.95 bits per heavy atom. The molecule has 1 aromatic heterocycles. The van der Waals surface area contributed by atoms with Gasteiger partial charge in [-0.25, -0.2) is 9.37 Å². The lowest BCUT2D eigenvalue weighted by molar-refractivity contribution is 0.618. The van der Waals surface area contributed by atoms with Gasteiger partial charge in [-0.15, -0.1) is 0 Å². The van der Waals surface area contributed by atoms with Crippen LogP contribution in [0.25, 0.3) is 22.3 Å². The van der Waals surface area contributed by atoms with Crippen LogP contribution >= 0.6 is 15.9 Å². The Bertz CT molecular complexity index is 918. The van der Waals surface area contributed by atoms with Crippen molar-refractivity contribution in [2.75, 3.05) is 0 Å². The van der Waals surface area contributed by atoms with Crippen molar-refractivity contribution in [3.63, 3.8) is 0 Å². The fourth-order valence-electron chi connectivity index (χ4n) is 2.48. The van der Waals surface area contributed by atoms with Crippen molar-refractivity contribution in [3.8, 4) is 11.4 Å². The molecule has 5 heteroatoms. The Balaban J connectivity index is 2.36. The van der Waals surface area contributed by atoms with E-state index in [1.165, 1.54) is 6.07 Å². The molecule has 0 spiro atoms. The van der Waals surface area contributed by atoms with Crippen molar-refractivity contribution in [1.82, 2.24) is 9.97 Å². The summed E-state index contributed by atoms with van der Waals surface area (Å²) in [6.45, 7) is 3.59. The van der Waals surface area contributed by atoms with Gasteiger partial charge in [0.05, 0.1) is 15.4 Å². The lowest BCUT2D eigenvalue weighted by Gasteiger charge is -2.12. The molecule has 0 unspecified atom stereocenters. The fourth-order valence-corrected chi connectivity index (χ4v) is 2.79. The summed E-state index contributed by atoms with van der Waals surface area (Å²) >= 11 is 3.23. The van der Waals surface area contributed by atoms with Gasteiger partial charge >= 0.3 is 0 Å². The van der Waals surface area contributed by atoms with Gasteiger partial charge in [-0.1, -0.05) is 12.1 Å². The second kappa shape index (κ2) is 5.07. The summed E-state index contributed by atoms with van der Waals surface area (Å²) in [6.07, 6.45) is 0. The highest BCUT2D eigenvalue weighted by molar-refractivity contribution is 9.10. The molecule has 0 saturated carbocycles. The molecule has 3 aromatic rings. The number of hydrogen-bond acceptors (Lipinski definition) is 2. The number of benzene rings is 2. The van der Waals surface area contributed by atoms with Crippen molar-refractivity contribution in [2.45, 2.75) is 13.8 Å². The van der Waals surface area contributed by atoms with E-state index < -0.39 is 0 Å². The number of aromatic nitrogens is 2. The minimum Gasteiger partial charge on any atom is -0.306 e. The standard InChI is InChI=1S/C16H12BrFN2O/c1-8-7-11(18)14(17)9(2)13(8)15-19-12-6-4-3-5-10(12)16(21)20-15/h3-7H,1-2H3,(H,19,20,21). The molecule has 0 atom stereocenters. The van der Waals surface area contributed by atoms with Crippen LogP contribution in [0.4, 0.5) is 4.39 Å². The first-order valence-electron chi connectivity index (χ1n) is 6.43. The molecule has 21 heavy (non-hydrogen) atoms. The molecule has 2 aromatic carbocycles. The van der Waals surface area contributed by atoms with Crippen molar-refractivity contribution in [1.29, 1.82) is 0 Å². The maximum absolute atomic E-state index is 13.7. The summed E-state index contributed by atoms with van der Waals surface area (Å²) < 4.78 is 14.1. The number of nitrogens with one attached hydrogen (secondary N) is 1. The van der Waals surface area contributed by atoms with E-state index in [-0.39, 0.29) is 11.4 Å². The molecule has 0 aliphatic carbocycles. The molecule has 0 radical (unpaired) electrons. The lowest BCUT2D eigenvalue weighted by atomic mass is 10.0. The van der Waals surface area contributed by atoms with E-state index in [1.807, 2.05) is 6.07 Å². The Morgan fingerprint density at radius 3 is 2.71 bits per heavy atom. The molecule has 0 saturated heterocycles. The predicted molar refractivity (Wildman–Crippen MR) is 84.9 cm³/mol. The second-order valence-corrected chi connectivity index (χ2v) is 5.71. The Kier molecular flexibility index (Phi) is 3.37. The van der Waals surface area contributed by atoms with E-state index in [0.717, 1.165) is 11.1 Å². The second-order valence-electron chi connectivity index (χ2n) is 4.92. The molecule has 3 nitrogen and oxygen atoms in total. The third-order valence-corrected chi connectivity index (χ3v) is 4.47. The predicted octanol–water partition coefficient (Wildman–Crippen LogP) is 4.11. The average molecular weight is 347 g/mol. The molecule has 3 rings (SSSR count). The average Bonchev–Trinajstić information content (AvgIpc) is 2.45. The topological polar surface area (TPSA) is 45.8 Å². The molecule has 1 N–H and O–H groups in total. The van der Waals surface area contributed by atoms with Gasteiger partial charge in [-0.3, -0.25) is 4.79 Å². The smallest absolute Gasteiger partial charge is 0.259 e. The molecular weight excluding hydrogens is 335 g/mol. The third kappa shape index (κ3) is 2.27. The van der Waals surface area contributed by atoms with Gasteiger partial charge in [-0.05, 0) is 59.1 Å². The van der Waals surface area contributed by atoms with Crippen LogP contribution in [0.2, 0.25) is 0 Å². The number of H-pyrrole nitrogens is 1. The summed E-state index contributed by atoms with van der Waals surface area (Å²) in [4.78, 5) is 19.5. The molecule has 0 aliphatic heterocycles. The zero-order chi connectivity index (χ0) is 15.1. The van der Waals surface area contributed by atoms with Crippen LogP contribution < -0.4 is 5.56 Å². The van der Waals surface area contributed by atoms with Crippen molar-refractivity contribution in [3.05, 3.63) is 62.1 Å². The van der Waals surface area contributed by atoms with Crippen molar-refractivity contribution < 1.29 is 4.39 Å². The molecule has 1 heterocycles. The van der Waals surface area contributed by atoms with Crippen LogP contribution in [0.5, 0.6) is 0 Å². The summed E-state index contributed by atoms with van der Waals surface area (Å²) in [7, 11) is 0. The highest BCUT2D eigenvalue weighted by atomic mass is 79.9. The number of para-hydroxylation sites is 1. The van der Waals surface area contributed by atoms with Crippen LogP contribution in [-0.4, -0.2) is 9.97 Å². The molecule has 0 bridgehead atoms. The Morgan fingerprint density at radius 1 is 1.24 bits per heavy atom. The summed E-state index contributed by atoms with van der Waals surface area (Å²) in [5, 5.41) is 0.540.